The summed E-state index contributed by atoms with van der Waals surface area (Å²) in [5.41, 5.74) is 6.50. The van der Waals surface area contributed by atoms with Crippen molar-refractivity contribution in [2.45, 2.75) is 0 Å². The number of nitrogens with two attached hydrogens (primary N) is 1. The molecule has 0 radical (unpaired) electrons. The van der Waals surface area contributed by atoms with Crippen molar-refractivity contribution in [3.63, 3.8) is 0 Å². The third-order valence-corrected chi connectivity index (χ3v) is 3.01. The number of hydrogen-bond acceptors (Lipinski definition) is 2. The fraction of sp³-hybridized carbons (Fsp3) is 0. The number of anilines is 1. The van der Waals surface area contributed by atoms with E-state index >= 15 is 0 Å². The van der Waals surface area contributed by atoms with Crippen LogP contribution in [0.3, 0.4) is 0 Å². The van der Waals surface area contributed by atoms with Crippen LogP contribution in [0.2, 0.25) is 0 Å². The first-order valence-electron chi connectivity index (χ1n) is 5.75. The zero-order chi connectivity index (χ0) is 13.4. The van der Waals surface area contributed by atoms with Crippen LogP contribution in [0.5, 0.6) is 0 Å². The minimum atomic E-state index is -0.635. The molecule has 3 aromatic rings. The van der Waals surface area contributed by atoms with E-state index in [4.69, 9.17) is 5.73 Å². The summed E-state index contributed by atoms with van der Waals surface area (Å²) in [5.74, 6) is -1.19. The molecular formula is C15H10F2N2. The second-order valence-corrected chi connectivity index (χ2v) is 4.23. The van der Waals surface area contributed by atoms with E-state index in [0.29, 0.717) is 11.1 Å². The molecular weight excluding hydrogens is 246 g/mol. The highest BCUT2D eigenvalue weighted by Crippen LogP contribution is 2.31. The maximum atomic E-state index is 14.0. The zero-order valence-corrected chi connectivity index (χ0v) is 9.90. The summed E-state index contributed by atoms with van der Waals surface area (Å²) in [7, 11) is 0. The molecule has 2 nitrogen and oxygen atoms in total. The Morgan fingerprint density at radius 2 is 1.68 bits per heavy atom. The van der Waals surface area contributed by atoms with E-state index in [-0.39, 0.29) is 11.3 Å². The van der Waals surface area contributed by atoms with Crippen LogP contribution in [0.1, 0.15) is 0 Å². The highest BCUT2D eigenvalue weighted by molar-refractivity contribution is 5.93. The molecule has 0 aliphatic heterocycles. The van der Waals surface area contributed by atoms with Crippen molar-refractivity contribution in [2.75, 3.05) is 5.73 Å². The third-order valence-electron chi connectivity index (χ3n) is 3.01. The predicted octanol–water partition coefficient (Wildman–Crippen LogP) is 3.76. The summed E-state index contributed by atoms with van der Waals surface area (Å²) in [5, 5.41) is 0.872. The largest absolute Gasteiger partial charge is 0.396 e. The molecule has 0 saturated heterocycles. The molecule has 1 heterocycles. The van der Waals surface area contributed by atoms with Gasteiger partial charge >= 0.3 is 0 Å². The molecule has 2 N–H and O–H groups in total. The Hall–Kier alpha value is -2.49. The summed E-state index contributed by atoms with van der Waals surface area (Å²) in [6.07, 6.45) is 1.62. The van der Waals surface area contributed by atoms with Gasteiger partial charge in [0.15, 0.2) is 0 Å². The van der Waals surface area contributed by atoms with E-state index in [1.807, 2.05) is 12.1 Å². The lowest BCUT2D eigenvalue weighted by Gasteiger charge is -2.08. The van der Waals surface area contributed by atoms with E-state index in [9.17, 15) is 8.78 Å². The summed E-state index contributed by atoms with van der Waals surface area (Å²) >= 11 is 0. The number of para-hydroxylation sites is 1. The van der Waals surface area contributed by atoms with Gasteiger partial charge in [-0.15, -0.1) is 0 Å². The zero-order valence-electron chi connectivity index (χ0n) is 9.90. The summed E-state index contributed by atoms with van der Waals surface area (Å²) in [4.78, 5) is 4.23. The molecule has 2 aromatic carbocycles. The molecule has 0 saturated carbocycles. The van der Waals surface area contributed by atoms with Gasteiger partial charge in [0.05, 0.1) is 11.2 Å². The van der Waals surface area contributed by atoms with Crippen LogP contribution in [-0.2, 0) is 0 Å². The van der Waals surface area contributed by atoms with E-state index in [0.717, 1.165) is 17.5 Å². The Bertz CT molecular complexity index is 764. The Kier molecular flexibility index (Phi) is 2.63. The number of pyridine rings is 1. The van der Waals surface area contributed by atoms with Gasteiger partial charge in [0, 0.05) is 28.8 Å². The first-order valence-corrected chi connectivity index (χ1v) is 5.75. The monoisotopic (exact) mass is 256 g/mol. The highest BCUT2D eigenvalue weighted by Gasteiger charge is 2.12. The minimum Gasteiger partial charge on any atom is -0.396 e. The molecule has 0 amide bonds. The molecule has 19 heavy (non-hydrogen) atoms. The maximum absolute atomic E-state index is 14.0. The number of benzene rings is 2. The lowest BCUT2D eigenvalue weighted by Crippen LogP contribution is -1.95. The Morgan fingerprint density at radius 3 is 2.53 bits per heavy atom. The van der Waals surface area contributed by atoms with Gasteiger partial charge in [-0.25, -0.2) is 8.78 Å². The van der Waals surface area contributed by atoms with E-state index in [1.165, 1.54) is 0 Å². The lowest BCUT2D eigenvalue weighted by atomic mass is 10.0. The summed E-state index contributed by atoms with van der Waals surface area (Å²) < 4.78 is 27.5. The van der Waals surface area contributed by atoms with Crippen LogP contribution in [0.15, 0.2) is 48.7 Å². The third kappa shape index (κ3) is 1.91. The molecule has 4 heteroatoms. The van der Waals surface area contributed by atoms with Gasteiger partial charge in [-0.1, -0.05) is 24.3 Å². The van der Waals surface area contributed by atoms with Crippen molar-refractivity contribution in [3.8, 4) is 11.1 Å². The van der Waals surface area contributed by atoms with Crippen molar-refractivity contribution in [2.24, 2.45) is 0 Å². The number of fused-ring (bicyclic) bond motifs is 1. The first kappa shape index (κ1) is 11.6. The molecule has 0 aliphatic carbocycles. The maximum Gasteiger partial charge on any atom is 0.146 e. The summed E-state index contributed by atoms with van der Waals surface area (Å²) in [6, 6.07) is 11.1. The Balaban J connectivity index is 2.33. The highest BCUT2D eigenvalue weighted by atomic mass is 19.1. The van der Waals surface area contributed by atoms with Gasteiger partial charge < -0.3 is 5.73 Å². The van der Waals surface area contributed by atoms with Gasteiger partial charge in [0.25, 0.3) is 0 Å². The van der Waals surface area contributed by atoms with Crippen LogP contribution in [0.4, 0.5) is 14.5 Å². The number of nitrogen functional groups attached to an aromatic ring is 1. The van der Waals surface area contributed by atoms with E-state index in [1.54, 1.807) is 24.4 Å². The molecule has 0 unspecified atom stereocenters. The number of aromatic nitrogens is 1. The van der Waals surface area contributed by atoms with Gasteiger partial charge in [0.1, 0.15) is 11.6 Å². The molecule has 0 aliphatic rings. The number of hydrogen-bond donors (Lipinski definition) is 1. The minimum absolute atomic E-state index is 0.163. The molecule has 0 spiro atoms. The van der Waals surface area contributed by atoms with Gasteiger partial charge in [-0.3, -0.25) is 4.98 Å². The predicted molar refractivity (Wildman–Crippen MR) is 71.5 cm³/mol. The second kappa shape index (κ2) is 4.31. The number of rotatable bonds is 1. The van der Waals surface area contributed by atoms with Crippen molar-refractivity contribution >= 4 is 16.6 Å². The lowest BCUT2D eigenvalue weighted by molar-refractivity contribution is 0.607. The molecule has 1 aromatic heterocycles. The van der Waals surface area contributed by atoms with Crippen LogP contribution in [0.25, 0.3) is 22.0 Å². The van der Waals surface area contributed by atoms with Gasteiger partial charge in [-0.05, 0) is 12.1 Å². The molecule has 94 valence electrons. The average molecular weight is 256 g/mol. The molecule has 0 fully saturated rings. The fourth-order valence-electron chi connectivity index (χ4n) is 2.09. The Labute approximate surface area is 108 Å². The van der Waals surface area contributed by atoms with Crippen molar-refractivity contribution < 1.29 is 8.78 Å². The average Bonchev–Trinajstić information content (AvgIpc) is 2.42. The Morgan fingerprint density at radius 1 is 0.895 bits per heavy atom. The van der Waals surface area contributed by atoms with Crippen LogP contribution < -0.4 is 5.73 Å². The molecule has 0 bridgehead atoms. The van der Waals surface area contributed by atoms with Crippen molar-refractivity contribution in [1.29, 1.82) is 0 Å². The number of nitrogens with zero attached hydrogens (tertiary/aromatic N) is 1. The van der Waals surface area contributed by atoms with E-state index < -0.39 is 11.6 Å². The van der Waals surface area contributed by atoms with Crippen LogP contribution in [0, 0.1) is 11.6 Å². The number of halogens is 2. The second-order valence-electron chi connectivity index (χ2n) is 4.23. The fourth-order valence-corrected chi connectivity index (χ4v) is 2.09. The smallest absolute Gasteiger partial charge is 0.146 e. The van der Waals surface area contributed by atoms with Crippen molar-refractivity contribution in [1.82, 2.24) is 4.98 Å². The molecule has 0 atom stereocenters. The van der Waals surface area contributed by atoms with Crippen LogP contribution in [-0.4, -0.2) is 4.98 Å². The first-order chi connectivity index (χ1) is 9.16. The SMILES string of the molecule is Nc1cc(F)c(-c2cccc3cccnc23)cc1F. The van der Waals surface area contributed by atoms with Gasteiger partial charge in [0.2, 0.25) is 0 Å². The topological polar surface area (TPSA) is 38.9 Å². The van der Waals surface area contributed by atoms with Crippen LogP contribution >= 0.6 is 0 Å². The normalized spacial score (nSPS) is 10.8. The van der Waals surface area contributed by atoms with Crippen molar-refractivity contribution in [3.05, 3.63) is 60.3 Å². The quantitative estimate of drug-likeness (QED) is 0.673. The standard InChI is InChI=1S/C15H10F2N2/c16-12-8-14(18)13(17)7-11(12)10-5-1-3-9-4-2-6-19-15(9)10/h1-8H,18H2. The molecule has 3 rings (SSSR count). The van der Waals surface area contributed by atoms with E-state index in [2.05, 4.69) is 4.98 Å². The summed E-state index contributed by atoms with van der Waals surface area (Å²) in [6.45, 7) is 0. The van der Waals surface area contributed by atoms with Gasteiger partial charge in [-0.2, -0.15) is 0 Å².